The highest BCUT2D eigenvalue weighted by atomic mass is 16.5. The van der Waals surface area contributed by atoms with Crippen LogP contribution >= 0.6 is 0 Å². The third-order valence-corrected chi connectivity index (χ3v) is 8.81. The van der Waals surface area contributed by atoms with Gasteiger partial charge in [-0.1, -0.05) is 66.2 Å². The molecule has 7 aromatic carbocycles. The third-order valence-electron chi connectivity index (χ3n) is 8.81. The molecular weight excluding hydrogens is 707 g/mol. The molecule has 7 aromatic rings. The molecule has 1 heterocycles. The molecule has 9 heteroatoms. The fraction of sp³-hybridized carbons (Fsp3) is 0.0426. The van der Waals surface area contributed by atoms with E-state index in [1.807, 2.05) is 116 Å². The summed E-state index contributed by atoms with van der Waals surface area (Å²) in [6.45, 7) is 2.12. The SMILES string of the molecule is Cc1ccc(Oc2cccc(Oc3cccc(Oc4cccc(Oc5ccc(N6C(=O)c7ccc(C(=O)OCc8ccccc8)cc7C6=O)cc5)c4)c3)c2)cc1. The van der Waals surface area contributed by atoms with Gasteiger partial charge in [0.05, 0.1) is 22.4 Å². The van der Waals surface area contributed by atoms with E-state index in [-0.39, 0.29) is 23.3 Å². The number of rotatable bonds is 12. The number of ether oxygens (including phenoxy) is 5. The first kappa shape index (κ1) is 35.4. The number of carbonyl (C=O) groups excluding carboxylic acids is 3. The highest BCUT2D eigenvalue weighted by molar-refractivity contribution is 6.34. The van der Waals surface area contributed by atoms with E-state index >= 15 is 0 Å². The number of esters is 1. The molecule has 0 fully saturated rings. The number of hydrogen-bond acceptors (Lipinski definition) is 8. The van der Waals surface area contributed by atoms with Gasteiger partial charge in [-0.3, -0.25) is 9.59 Å². The van der Waals surface area contributed by atoms with Gasteiger partial charge in [0.1, 0.15) is 52.6 Å². The number of anilines is 1. The van der Waals surface area contributed by atoms with Crippen molar-refractivity contribution in [1.82, 2.24) is 0 Å². The van der Waals surface area contributed by atoms with Crippen LogP contribution in [0.3, 0.4) is 0 Å². The summed E-state index contributed by atoms with van der Waals surface area (Å²) in [4.78, 5) is 40.5. The van der Waals surface area contributed by atoms with Gasteiger partial charge in [0.2, 0.25) is 0 Å². The molecule has 0 radical (unpaired) electrons. The zero-order valence-corrected chi connectivity index (χ0v) is 30.1. The first-order valence-electron chi connectivity index (χ1n) is 17.8. The molecule has 0 saturated carbocycles. The number of aryl methyl sites for hydroxylation is 1. The molecule has 0 bridgehead atoms. The van der Waals surface area contributed by atoms with E-state index in [9.17, 15) is 14.4 Å². The molecule has 1 aliphatic rings. The maximum Gasteiger partial charge on any atom is 0.338 e. The maximum atomic E-state index is 13.4. The van der Waals surface area contributed by atoms with E-state index in [2.05, 4.69) is 0 Å². The van der Waals surface area contributed by atoms with E-state index < -0.39 is 17.8 Å². The van der Waals surface area contributed by atoms with Crippen LogP contribution in [0.5, 0.6) is 46.0 Å². The number of carbonyl (C=O) groups is 3. The molecule has 274 valence electrons. The van der Waals surface area contributed by atoms with Crippen LogP contribution in [0.25, 0.3) is 0 Å². The van der Waals surface area contributed by atoms with Crippen molar-refractivity contribution in [2.24, 2.45) is 0 Å². The monoisotopic (exact) mass is 739 g/mol. The highest BCUT2D eigenvalue weighted by Crippen LogP contribution is 2.35. The Balaban J connectivity index is 0.888. The number of imide groups is 1. The minimum Gasteiger partial charge on any atom is -0.457 e. The first-order valence-corrected chi connectivity index (χ1v) is 17.8. The second-order valence-corrected chi connectivity index (χ2v) is 12.9. The molecule has 0 spiro atoms. The topological polar surface area (TPSA) is 101 Å². The average molecular weight is 740 g/mol. The van der Waals surface area contributed by atoms with Gasteiger partial charge in [0.15, 0.2) is 0 Å². The molecule has 1 aliphatic heterocycles. The Hall–Kier alpha value is -7.65. The van der Waals surface area contributed by atoms with E-state index in [1.54, 1.807) is 42.5 Å². The molecule has 9 nitrogen and oxygen atoms in total. The summed E-state index contributed by atoms with van der Waals surface area (Å²) < 4.78 is 29.8. The van der Waals surface area contributed by atoms with Gasteiger partial charge in [-0.2, -0.15) is 0 Å². The van der Waals surface area contributed by atoms with Crippen LogP contribution in [0.1, 0.15) is 42.2 Å². The standard InChI is InChI=1S/C47H33NO8/c1-31-16-21-35(22-17-31)53-37-10-5-12-39(27-37)55-41-14-7-15-42(29-41)56-40-13-6-11-38(28-40)54-36-23-19-34(20-24-36)48-45(49)43-25-18-33(26-44(43)46(48)50)47(51)52-30-32-8-3-2-4-9-32/h2-29H,30H2,1H3. The summed E-state index contributed by atoms with van der Waals surface area (Å²) in [5.74, 6) is 3.09. The van der Waals surface area contributed by atoms with E-state index in [0.717, 1.165) is 21.8 Å². The summed E-state index contributed by atoms with van der Waals surface area (Å²) in [5, 5.41) is 0. The number of hydrogen-bond donors (Lipinski definition) is 0. The fourth-order valence-corrected chi connectivity index (χ4v) is 6.03. The molecule has 0 aliphatic carbocycles. The van der Waals surface area contributed by atoms with Crippen LogP contribution in [0, 0.1) is 6.92 Å². The molecule has 0 N–H and O–H groups in total. The van der Waals surface area contributed by atoms with Crippen LogP contribution in [-0.2, 0) is 11.3 Å². The Labute approximate surface area is 322 Å². The van der Waals surface area contributed by atoms with E-state index in [1.165, 1.54) is 18.2 Å². The molecule has 2 amide bonds. The van der Waals surface area contributed by atoms with Gasteiger partial charge in [-0.05, 0) is 103 Å². The quantitative estimate of drug-likeness (QED) is 0.0902. The van der Waals surface area contributed by atoms with Gasteiger partial charge >= 0.3 is 5.97 Å². The normalized spacial score (nSPS) is 11.8. The van der Waals surface area contributed by atoms with E-state index in [0.29, 0.717) is 45.9 Å². The Morgan fingerprint density at radius 2 is 0.929 bits per heavy atom. The molecule has 0 unspecified atom stereocenters. The lowest BCUT2D eigenvalue weighted by atomic mass is 10.1. The predicted octanol–water partition coefficient (Wildman–Crippen LogP) is 11.3. The number of fused-ring (bicyclic) bond motifs is 1. The van der Waals surface area contributed by atoms with Crippen molar-refractivity contribution in [2.75, 3.05) is 4.90 Å². The summed E-state index contributed by atoms with van der Waals surface area (Å²) >= 11 is 0. The lowest BCUT2D eigenvalue weighted by Crippen LogP contribution is -2.29. The Kier molecular flexibility index (Phi) is 9.96. The van der Waals surface area contributed by atoms with Crippen LogP contribution in [0.4, 0.5) is 5.69 Å². The van der Waals surface area contributed by atoms with Crippen LogP contribution in [0.15, 0.2) is 170 Å². The van der Waals surface area contributed by atoms with E-state index in [4.69, 9.17) is 23.7 Å². The van der Waals surface area contributed by atoms with Crippen molar-refractivity contribution < 1.29 is 38.1 Å². The second-order valence-electron chi connectivity index (χ2n) is 12.9. The Morgan fingerprint density at radius 1 is 0.464 bits per heavy atom. The Bertz CT molecular complexity index is 2550. The minimum atomic E-state index is -0.587. The highest BCUT2D eigenvalue weighted by Gasteiger charge is 2.37. The van der Waals surface area contributed by atoms with Gasteiger partial charge in [0.25, 0.3) is 11.8 Å². The zero-order chi connectivity index (χ0) is 38.4. The zero-order valence-electron chi connectivity index (χ0n) is 30.1. The van der Waals surface area contributed by atoms with Crippen LogP contribution in [0.2, 0.25) is 0 Å². The summed E-state index contributed by atoms with van der Waals surface area (Å²) in [6.07, 6.45) is 0. The lowest BCUT2D eigenvalue weighted by molar-refractivity contribution is 0.0472. The van der Waals surface area contributed by atoms with Gasteiger partial charge in [-0.15, -0.1) is 0 Å². The van der Waals surface area contributed by atoms with Crippen LogP contribution < -0.4 is 23.8 Å². The molecule has 8 rings (SSSR count). The molecule has 56 heavy (non-hydrogen) atoms. The van der Waals surface area contributed by atoms with Gasteiger partial charge in [-0.25, -0.2) is 9.69 Å². The van der Waals surface area contributed by atoms with Crippen molar-refractivity contribution in [3.63, 3.8) is 0 Å². The number of nitrogens with zero attached hydrogens (tertiary/aromatic N) is 1. The van der Waals surface area contributed by atoms with Crippen molar-refractivity contribution in [3.8, 4) is 46.0 Å². The van der Waals surface area contributed by atoms with Gasteiger partial charge in [0, 0.05) is 18.2 Å². The maximum absolute atomic E-state index is 13.4. The minimum absolute atomic E-state index is 0.0909. The third kappa shape index (κ3) is 8.12. The van der Waals surface area contributed by atoms with Crippen molar-refractivity contribution in [1.29, 1.82) is 0 Å². The Morgan fingerprint density at radius 3 is 1.45 bits per heavy atom. The first-order chi connectivity index (χ1) is 27.3. The molecular formula is C47H33NO8. The molecule has 0 saturated heterocycles. The lowest BCUT2D eigenvalue weighted by Gasteiger charge is -2.15. The number of amides is 2. The van der Waals surface area contributed by atoms with Crippen molar-refractivity contribution >= 4 is 23.5 Å². The molecule has 0 atom stereocenters. The predicted molar refractivity (Wildman–Crippen MR) is 210 cm³/mol. The molecule has 0 aromatic heterocycles. The fourth-order valence-electron chi connectivity index (χ4n) is 6.03. The van der Waals surface area contributed by atoms with Gasteiger partial charge < -0.3 is 23.7 Å². The largest absolute Gasteiger partial charge is 0.457 e. The second kappa shape index (κ2) is 15.8. The van der Waals surface area contributed by atoms with Crippen LogP contribution in [-0.4, -0.2) is 17.8 Å². The van der Waals surface area contributed by atoms with Crippen molar-refractivity contribution in [2.45, 2.75) is 13.5 Å². The summed E-state index contributed by atoms with van der Waals surface area (Å²) in [7, 11) is 0. The number of benzene rings is 7. The smallest absolute Gasteiger partial charge is 0.338 e. The summed E-state index contributed by atoms with van der Waals surface area (Å²) in [5.41, 5.74) is 2.89. The van der Waals surface area contributed by atoms with Crippen molar-refractivity contribution in [3.05, 3.63) is 198 Å². The summed E-state index contributed by atoms with van der Waals surface area (Å²) in [6, 6.07) is 50.0. The average Bonchev–Trinajstić information content (AvgIpc) is 3.47.